The van der Waals surface area contributed by atoms with Crippen LogP contribution in [0, 0.1) is 6.92 Å². The van der Waals surface area contributed by atoms with Gasteiger partial charge in [-0.3, -0.25) is 0 Å². The van der Waals surface area contributed by atoms with Crippen molar-refractivity contribution in [3.05, 3.63) is 59.8 Å². The van der Waals surface area contributed by atoms with Gasteiger partial charge >= 0.3 is 0 Å². The van der Waals surface area contributed by atoms with E-state index in [-0.39, 0.29) is 0 Å². The second kappa shape index (κ2) is 6.39. The Morgan fingerprint density at radius 1 is 1.26 bits per heavy atom. The number of nitrogens with one attached hydrogen (secondary N) is 1. The van der Waals surface area contributed by atoms with Crippen LogP contribution in [0.25, 0.3) is 16.8 Å². The molecule has 138 valence electrons. The Balaban J connectivity index is 1.38. The molecule has 1 saturated heterocycles. The molecule has 27 heavy (non-hydrogen) atoms. The van der Waals surface area contributed by atoms with Crippen molar-refractivity contribution in [3.8, 4) is 0 Å². The maximum Gasteiger partial charge on any atom is 0.192 e. The lowest BCUT2D eigenvalue weighted by Crippen LogP contribution is -2.49. The molecule has 5 rings (SSSR count). The van der Waals surface area contributed by atoms with Crippen molar-refractivity contribution in [2.75, 3.05) is 26.2 Å². The first-order valence-electron chi connectivity index (χ1n) is 9.47. The van der Waals surface area contributed by atoms with Crippen LogP contribution in [-0.2, 0) is 0 Å². The Bertz CT molecular complexity index is 1010. The highest BCUT2D eigenvalue weighted by molar-refractivity contribution is 6.00. The monoisotopic (exact) mass is 361 g/mol. The first-order valence-corrected chi connectivity index (χ1v) is 9.47. The third-order valence-corrected chi connectivity index (χ3v) is 5.23. The molecule has 1 fully saturated rings. The lowest BCUT2D eigenvalue weighted by atomic mass is 10.1. The second-order valence-corrected chi connectivity index (χ2v) is 7.32. The maximum atomic E-state index is 5.57. The smallest absolute Gasteiger partial charge is 0.192 e. The van der Waals surface area contributed by atoms with Gasteiger partial charge in [0.2, 0.25) is 0 Å². The van der Waals surface area contributed by atoms with Crippen LogP contribution >= 0.6 is 0 Å². The number of fused-ring (bicyclic) bond motifs is 2. The normalized spacial score (nSPS) is 22.4. The van der Waals surface area contributed by atoms with Gasteiger partial charge in [-0.25, -0.2) is 9.98 Å². The number of rotatable bonds is 2. The molecule has 4 heterocycles. The first-order chi connectivity index (χ1) is 13.2. The number of benzene rings is 1. The molecule has 0 aliphatic carbocycles. The number of hydrogen-bond acceptors (Lipinski definition) is 6. The molecular weight excluding hydrogens is 338 g/mol. The number of nitrogens with zero attached hydrogens (tertiary/aromatic N) is 4. The number of piperazine rings is 1. The average molecular weight is 361 g/mol. The zero-order chi connectivity index (χ0) is 18.4. The maximum absolute atomic E-state index is 5.57. The highest BCUT2D eigenvalue weighted by Gasteiger charge is 2.22. The van der Waals surface area contributed by atoms with E-state index in [2.05, 4.69) is 57.5 Å². The van der Waals surface area contributed by atoms with Gasteiger partial charge in [0.25, 0.3) is 0 Å². The number of amidine groups is 1. The second-order valence-electron chi connectivity index (χ2n) is 7.32. The predicted octanol–water partition coefficient (Wildman–Crippen LogP) is 2.90. The standard InChI is InChI=1S/C21H23N5O/c1-14-12-25(10-8-22-14)17-4-6-21-24-18(7-9-26(21)13-17)16-3-5-20-19(11-16)23-15(2)27-20/h3-7,11,13-14,22H,8-10,12H2,1-2H3/t14-/m0/s1. The van der Waals surface area contributed by atoms with Gasteiger partial charge in [0, 0.05) is 50.9 Å². The van der Waals surface area contributed by atoms with Gasteiger partial charge in [-0.1, -0.05) is 0 Å². The molecule has 1 atom stereocenters. The van der Waals surface area contributed by atoms with E-state index in [0.717, 1.165) is 54.4 Å². The summed E-state index contributed by atoms with van der Waals surface area (Å²) in [5.74, 6) is 1.67. The number of aryl methyl sites for hydroxylation is 1. The Kier molecular flexibility index (Phi) is 3.86. The predicted molar refractivity (Wildman–Crippen MR) is 107 cm³/mol. The Hall–Kier alpha value is -2.86. The Morgan fingerprint density at radius 3 is 3.07 bits per heavy atom. The van der Waals surface area contributed by atoms with E-state index in [1.165, 1.54) is 5.70 Å². The molecule has 6 nitrogen and oxygen atoms in total. The number of hydrogen-bond donors (Lipinski definition) is 1. The molecule has 3 aliphatic rings. The quantitative estimate of drug-likeness (QED) is 0.891. The molecule has 1 aromatic heterocycles. The zero-order valence-electron chi connectivity index (χ0n) is 15.6. The van der Waals surface area contributed by atoms with Crippen LogP contribution in [0.3, 0.4) is 0 Å². The highest BCUT2D eigenvalue weighted by Crippen LogP contribution is 2.27. The highest BCUT2D eigenvalue weighted by atomic mass is 16.3. The average Bonchev–Trinajstić information content (AvgIpc) is 3.06. The van der Waals surface area contributed by atoms with E-state index in [1.807, 2.05) is 19.1 Å². The van der Waals surface area contributed by atoms with Crippen molar-refractivity contribution >= 4 is 22.6 Å². The molecule has 3 aliphatic heterocycles. The summed E-state index contributed by atoms with van der Waals surface area (Å²) in [7, 11) is 0. The van der Waals surface area contributed by atoms with E-state index >= 15 is 0 Å². The molecule has 0 saturated carbocycles. The summed E-state index contributed by atoms with van der Waals surface area (Å²) in [5.41, 5.74) is 5.02. The van der Waals surface area contributed by atoms with Gasteiger partial charge in [0.1, 0.15) is 11.4 Å². The van der Waals surface area contributed by atoms with Crippen LogP contribution in [0.4, 0.5) is 0 Å². The third-order valence-electron chi connectivity index (χ3n) is 5.23. The van der Waals surface area contributed by atoms with Crippen LogP contribution < -0.4 is 5.32 Å². The van der Waals surface area contributed by atoms with Crippen LogP contribution in [0.5, 0.6) is 0 Å². The van der Waals surface area contributed by atoms with Crippen LogP contribution in [0.1, 0.15) is 18.4 Å². The molecular formula is C21H23N5O. The molecule has 0 radical (unpaired) electrons. The Labute approximate surface area is 158 Å². The SMILES string of the molecule is Cc1nc2cc(C3=CCN4C=C(N5CCN[C@@H](C)C5)C=CC4=N3)ccc2o1. The van der Waals surface area contributed by atoms with Crippen molar-refractivity contribution in [2.24, 2.45) is 4.99 Å². The van der Waals surface area contributed by atoms with E-state index in [1.54, 1.807) is 0 Å². The van der Waals surface area contributed by atoms with Gasteiger partial charge in [-0.05, 0) is 43.4 Å². The molecule has 0 spiro atoms. The van der Waals surface area contributed by atoms with Gasteiger partial charge in [-0.15, -0.1) is 0 Å². The summed E-state index contributed by atoms with van der Waals surface area (Å²) in [4.78, 5) is 13.9. The van der Waals surface area contributed by atoms with E-state index < -0.39 is 0 Å². The van der Waals surface area contributed by atoms with Gasteiger partial charge < -0.3 is 19.5 Å². The summed E-state index contributed by atoms with van der Waals surface area (Å²) in [5, 5.41) is 3.49. The number of allylic oxidation sites excluding steroid dienone is 1. The lowest BCUT2D eigenvalue weighted by molar-refractivity contribution is 0.258. The fourth-order valence-corrected chi connectivity index (χ4v) is 3.86. The molecule has 1 aromatic carbocycles. The minimum Gasteiger partial charge on any atom is -0.441 e. The van der Waals surface area contributed by atoms with Crippen molar-refractivity contribution in [1.82, 2.24) is 20.1 Å². The van der Waals surface area contributed by atoms with Gasteiger partial charge in [0.05, 0.1) is 11.4 Å². The van der Waals surface area contributed by atoms with E-state index in [0.29, 0.717) is 11.9 Å². The minimum atomic E-state index is 0.519. The molecule has 6 heteroatoms. The molecule has 0 bridgehead atoms. The Morgan fingerprint density at radius 2 is 2.19 bits per heavy atom. The van der Waals surface area contributed by atoms with E-state index in [9.17, 15) is 0 Å². The minimum absolute atomic E-state index is 0.519. The van der Waals surface area contributed by atoms with Crippen molar-refractivity contribution in [1.29, 1.82) is 0 Å². The molecule has 0 unspecified atom stereocenters. The van der Waals surface area contributed by atoms with E-state index in [4.69, 9.17) is 9.41 Å². The van der Waals surface area contributed by atoms with Gasteiger partial charge in [0.15, 0.2) is 11.5 Å². The first kappa shape index (κ1) is 16.3. The fraction of sp³-hybridized carbons (Fsp3) is 0.333. The summed E-state index contributed by atoms with van der Waals surface area (Å²) in [6.45, 7) is 8.03. The van der Waals surface area contributed by atoms with Gasteiger partial charge in [-0.2, -0.15) is 0 Å². The third kappa shape index (κ3) is 3.06. The number of oxazole rings is 1. The fourth-order valence-electron chi connectivity index (χ4n) is 3.86. The molecule has 0 amide bonds. The summed E-state index contributed by atoms with van der Waals surface area (Å²) >= 11 is 0. The van der Waals surface area contributed by atoms with Crippen molar-refractivity contribution in [3.63, 3.8) is 0 Å². The van der Waals surface area contributed by atoms with Crippen molar-refractivity contribution in [2.45, 2.75) is 19.9 Å². The number of aliphatic imine (C=N–C) groups is 1. The largest absolute Gasteiger partial charge is 0.441 e. The summed E-state index contributed by atoms with van der Waals surface area (Å²) < 4.78 is 5.57. The summed E-state index contributed by atoms with van der Waals surface area (Å²) in [6.07, 6.45) is 8.69. The molecule has 1 N–H and O–H groups in total. The summed E-state index contributed by atoms with van der Waals surface area (Å²) in [6, 6.07) is 6.59. The van der Waals surface area contributed by atoms with Crippen LogP contribution in [0.15, 0.2) is 57.7 Å². The topological polar surface area (TPSA) is 56.9 Å². The number of aromatic nitrogens is 1. The van der Waals surface area contributed by atoms with Crippen molar-refractivity contribution < 1.29 is 4.42 Å². The molecule has 2 aromatic rings. The van der Waals surface area contributed by atoms with Crippen LogP contribution in [-0.4, -0.2) is 52.8 Å². The zero-order valence-corrected chi connectivity index (χ0v) is 15.6. The lowest BCUT2D eigenvalue weighted by Gasteiger charge is -2.37. The van der Waals surface area contributed by atoms with Crippen LogP contribution in [0.2, 0.25) is 0 Å².